The minimum Gasteiger partial charge on any atom is -0.481 e. The van der Waals surface area contributed by atoms with Crippen molar-refractivity contribution in [1.29, 1.82) is 0 Å². The Morgan fingerprint density at radius 3 is 3.00 bits per heavy atom. The van der Waals surface area contributed by atoms with E-state index in [0.717, 1.165) is 11.3 Å². The van der Waals surface area contributed by atoms with E-state index in [1.165, 1.54) is 0 Å². The van der Waals surface area contributed by atoms with E-state index in [1.807, 2.05) is 35.7 Å². The summed E-state index contributed by atoms with van der Waals surface area (Å²) >= 11 is 0. The highest BCUT2D eigenvalue weighted by Gasteiger charge is 2.17. The maximum atomic E-state index is 10.6. The first-order valence-corrected chi connectivity index (χ1v) is 5.00. The Bertz CT molecular complexity index is 533. The summed E-state index contributed by atoms with van der Waals surface area (Å²) in [4.78, 5) is 14.9. The lowest BCUT2D eigenvalue weighted by Gasteiger charge is -2.06. The molecule has 2 heterocycles. The number of aliphatic carboxylic acids is 1. The number of nitrogens with zero attached hydrogens (tertiary/aromatic N) is 2. The van der Waals surface area contributed by atoms with Gasteiger partial charge in [-0.15, -0.1) is 0 Å². The summed E-state index contributed by atoms with van der Waals surface area (Å²) in [6.45, 7) is 1.89. The van der Waals surface area contributed by atoms with Gasteiger partial charge in [0.2, 0.25) is 0 Å². The maximum absolute atomic E-state index is 10.6. The van der Waals surface area contributed by atoms with Gasteiger partial charge in [0.1, 0.15) is 5.65 Å². The third-order valence-electron chi connectivity index (χ3n) is 2.55. The molecule has 0 aliphatic heterocycles. The van der Waals surface area contributed by atoms with Crippen molar-refractivity contribution in [3.63, 3.8) is 0 Å². The van der Waals surface area contributed by atoms with Crippen molar-refractivity contribution >= 4 is 11.6 Å². The molecule has 2 rings (SSSR count). The average Bonchev–Trinajstić information content (AvgIpc) is 2.56. The normalized spacial score (nSPS) is 12.9. The highest BCUT2D eigenvalue weighted by Crippen LogP contribution is 2.19. The Labute approximate surface area is 92.5 Å². The van der Waals surface area contributed by atoms with Crippen molar-refractivity contribution in [2.45, 2.75) is 19.4 Å². The summed E-state index contributed by atoms with van der Waals surface area (Å²) in [5.41, 5.74) is 8.13. The second-order valence-electron chi connectivity index (χ2n) is 3.72. The molecule has 1 atom stereocenters. The van der Waals surface area contributed by atoms with E-state index in [0.29, 0.717) is 5.69 Å². The van der Waals surface area contributed by atoms with Crippen LogP contribution < -0.4 is 5.73 Å². The zero-order valence-corrected chi connectivity index (χ0v) is 8.92. The predicted octanol–water partition coefficient (Wildman–Crippen LogP) is 1.12. The number of carboxylic acids is 1. The number of fused-ring (bicyclic) bond motifs is 1. The summed E-state index contributed by atoms with van der Waals surface area (Å²) in [5, 5.41) is 8.70. The maximum Gasteiger partial charge on any atom is 0.305 e. The molecular weight excluding hydrogens is 206 g/mol. The molecule has 0 amide bonds. The molecule has 0 aromatic carbocycles. The van der Waals surface area contributed by atoms with Crippen molar-refractivity contribution < 1.29 is 9.90 Å². The third-order valence-corrected chi connectivity index (χ3v) is 2.55. The van der Waals surface area contributed by atoms with Crippen LogP contribution in [-0.2, 0) is 4.79 Å². The van der Waals surface area contributed by atoms with Crippen LogP contribution in [0.25, 0.3) is 5.65 Å². The summed E-state index contributed by atoms with van der Waals surface area (Å²) in [5.74, 6) is -0.913. The van der Waals surface area contributed by atoms with Crippen LogP contribution in [0.3, 0.4) is 0 Å². The number of hydrogen-bond acceptors (Lipinski definition) is 3. The molecule has 16 heavy (non-hydrogen) atoms. The highest BCUT2D eigenvalue weighted by atomic mass is 16.4. The van der Waals surface area contributed by atoms with E-state index >= 15 is 0 Å². The van der Waals surface area contributed by atoms with Gasteiger partial charge in [0.15, 0.2) is 0 Å². The number of carbonyl (C=O) groups is 1. The summed E-state index contributed by atoms with van der Waals surface area (Å²) in [6.07, 6.45) is 1.78. The Hall–Kier alpha value is -1.88. The second-order valence-corrected chi connectivity index (χ2v) is 3.72. The molecule has 0 saturated heterocycles. The van der Waals surface area contributed by atoms with Gasteiger partial charge in [-0.25, -0.2) is 4.98 Å². The van der Waals surface area contributed by atoms with E-state index in [2.05, 4.69) is 4.98 Å². The van der Waals surface area contributed by atoms with Gasteiger partial charge in [-0.05, 0) is 19.1 Å². The van der Waals surface area contributed by atoms with Crippen LogP contribution >= 0.6 is 0 Å². The molecule has 2 aromatic rings. The van der Waals surface area contributed by atoms with Gasteiger partial charge in [0.25, 0.3) is 0 Å². The first kappa shape index (κ1) is 10.6. The van der Waals surface area contributed by atoms with Gasteiger partial charge in [-0.3, -0.25) is 4.79 Å². The molecule has 84 valence electrons. The number of rotatable bonds is 3. The first-order valence-electron chi connectivity index (χ1n) is 5.00. The van der Waals surface area contributed by atoms with Gasteiger partial charge < -0.3 is 15.2 Å². The Morgan fingerprint density at radius 1 is 1.62 bits per heavy atom. The summed E-state index contributed by atoms with van der Waals surface area (Å²) in [7, 11) is 0. The molecule has 0 saturated carbocycles. The monoisotopic (exact) mass is 219 g/mol. The van der Waals surface area contributed by atoms with Crippen molar-refractivity contribution in [3.8, 4) is 0 Å². The Morgan fingerprint density at radius 2 is 2.38 bits per heavy atom. The quantitative estimate of drug-likeness (QED) is 0.810. The Kier molecular flexibility index (Phi) is 2.62. The largest absolute Gasteiger partial charge is 0.481 e. The minimum atomic E-state index is -0.913. The minimum absolute atomic E-state index is 0.106. The molecule has 0 fully saturated rings. The number of pyridine rings is 1. The van der Waals surface area contributed by atoms with Crippen molar-refractivity contribution in [2.75, 3.05) is 0 Å². The lowest BCUT2D eigenvalue weighted by Crippen LogP contribution is -2.16. The molecule has 0 spiro atoms. The average molecular weight is 219 g/mol. The summed E-state index contributed by atoms with van der Waals surface area (Å²) in [6, 6.07) is 5.09. The third kappa shape index (κ3) is 1.77. The van der Waals surface area contributed by atoms with Crippen LogP contribution in [0.4, 0.5) is 0 Å². The van der Waals surface area contributed by atoms with Crippen molar-refractivity contribution in [1.82, 2.24) is 9.38 Å². The van der Waals surface area contributed by atoms with Gasteiger partial charge in [-0.1, -0.05) is 6.07 Å². The number of imidazole rings is 1. The number of carboxylic acid groups (broad SMARTS) is 1. The van der Waals surface area contributed by atoms with Crippen LogP contribution in [0.2, 0.25) is 0 Å². The van der Waals surface area contributed by atoms with Crippen molar-refractivity contribution in [2.24, 2.45) is 5.73 Å². The molecule has 0 aliphatic rings. The standard InChI is InChI=1S/C11H13N3O2/c1-7-11(8(12)6-10(15)16)13-9-4-2-3-5-14(7)9/h2-5,8H,6,12H2,1H3,(H,15,16). The van der Waals surface area contributed by atoms with Crippen LogP contribution in [0.1, 0.15) is 23.9 Å². The number of nitrogens with two attached hydrogens (primary N) is 1. The molecule has 5 heteroatoms. The van der Waals surface area contributed by atoms with Gasteiger partial charge in [0, 0.05) is 11.9 Å². The van der Waals surface area contributed by atoms with E-state index in [1.54, 1.807) is 0 Å². The number of aryl methyl sites for hydroxylation is 1. The zero-order chi connectivity index (χ0) is 11.7. The van der Waals surface area contributed by atoms with E-state index < -0.39 is 12.0 Å². The Balaban J connectivity index is 2.45. The zero-order valence-electron chi connectivity index (χ0n) is 8.92. The van der Waals surface area contributed by atoms with Crippen LogP contribution in [0, 0.1) is 6.92 Å². The number of aromatic nitrogens is 2. The second kappa shape index (κ2) is 3.94. The van der Waals surface area contributed by atoms with Crippen LogP contribution in [0.15, 0.2) is 24.4 Å². The molecule has 0 bridgehead atoms. The van der Waals surface area contributed by atoms with Gasteiger partial charge >= 0.3 is 5.97 Å². The fourth-order valence-electron chi connectivity index (χ4n) is 1.77. The van der Waals surface area contributed by atoms with Crippen LogP contribution in [0.5, 0.6) is 0 Å². The van der Waals surface area contributed by atoms with E-state index in [-0.39, 0.29) is 6.42 Å². The number of hydrogen-bond donors (Lipinski definition) is 2. The molecule has 5 nitrogen and oxygen atoms in total. The SMILES string of the molecule is Cc1c(C(N)CC(=O)O)nc2ccccn12. The van der Waals surface area contributed by atoms with E-state index in [9.17, 15) is 4.79 Å². The first-order chi connectivity index (χ1) is 7.59. The molecule has 0 radical (unpaired) electrons. The van der Waals surface area contributed by atoms with Gasteiger partial charge in [0.05, 0.1) is 18.2 Å². The van der Waals surface area contributed by atoms with Crippen molar-refractivity contribution in [3.05, 3.63) is 35.8 Å². The molecular formula is C11H13N3O2. The predicted molar refractivity (Wildman–Crippen MR) is 59.1 cm³/mol. The molecule has 0 aliphatic carbocycles. The lowest BCUT2D eigenvalue weighted by molar-refractivity contribution is -0.137. The summed E-state index contributed by atoms with van der Waals surface area (Å²) < 4.78 is 1.90. The topological polar surface area (TPSA) is 80.6 Å². The fraction of sp³-hybridized carbons (Fsp3) is 0.273. The fourth-order valence-corrected chi connectivity index (χ4v) is 1.77. The smallest absolute Gasteiger partial charge is 0.305 e. The molecule has 3 N–H and O–H groups in total. The lowest BCUT2D eigenvalue weighted by atomic mass is 10.1. The molecule has 2 aromatic heterocycles. The highest BCUT2D eigenvalue weighted by molar-refractivity contribution is 5.68. The van der Waals surface area contributed by atoms with Gasteiger partial charge in [-0.2, -0.15) is 0 Å². The van der Waals surface area contributed by atoms with E-state index in [4.69, 9.17) is 10.8 Å². The van der Waals surface area contributed by atoms with Crippen LogP contribution in [-0.4, -0.2) is 20.5 Å². The molecule has 1 unspecified atom stereocenters.